The predicted molar refractivity (Wildman–Crippen MR) is 391 cm³/mol. The molecule has 0 aliphatic heterocycles. The quantitative estimate of drug-likeness (QED) is 0.0249. The van der Waals surface area contributed by atoms with Gasteiger partial charge in [-0.05, 0) is 69.2 Å². The van der Waals surface area contributed by atoms with Crippen molar-refractivity contribution < 1.29 is 164 Å². The number of ketones is 3. The van der Waals surface area contributed by atoms with E-state index in [1.807, 2.05) is 0 Å². The van der Waals surface area contributed by atoms with Crippen LogP contribution in [0.5, 0.6) is 0 Å². The molecule has 30 N–H and O–H groups in total. The van der Waals surface area contributed by atoms with E-state index in [0.717, 1.165) is 0 Å². The molecule has 648 valence electrons. The van der Waals surface area contributed by atoms with Gasteiger partial charge < -0.3 is 145 Å². The third-order valence-electron chi connectivity index (χ3n) is 18.3. The molecular weight excluding hydrogens is 1550 g/mol. The van der Waals surface area contributed by atoms with E-state index < -0.39 is 339 Å². The number of Topliss-reactive ketones (excluding diaryl/α,β-unsaturated/α-hetero) is 3. The number of amides is 7. The van der Waals surface area contributed by atoms with Crippen molar-refractivity contribution in [3.8, 4) is 0 Å². The monoisotopic (exact) mass is 1660 g/mol. The number of H-pyrrole nitrogens is 1. The van der Waals surface area contributed by atoms with Crippen LogP contribution in [-0.4, -0.2) is 336 Å². The molecule has 2 aromatic heterocycles. The van der Waals surface area contributed by atoms with Crippen molar-refractivity contribution in [2.24, 2.45) is 17.8 Å². The van der Waals surface area contributed by atoms with Gasteiger partial charge in [0.2, 0.25) is 41.4 Å². The van der Waals surface area contributed by atoms with Gasteiger partial charge in [0.15, 0.2) is 22.7 Å². The van der Waals surface area contributed by atoms with Crippen LogP contribution in [0.15, 0.2) is 35.3 Å². The number of nitrogens with zero attached hydrogens (tertiary/aromatic N) is 3. The number of fused-ring (bicyclic) bond motifs is 1. The fourth-order valence-corrected chi connectivity index (χ4v) is 11.2. The summed E-state index contributed by atoms with van der Waals surface area (Å²) in [4.78, 5) is 215. The number of anilines is 2. The van der Waals surface area contributed by atoms with Crippen LogP contribution in [0.2, 0.25) is 0 Å². The number of carbonyl (C=O) groups excluding carboxylic acids is 10. The van der Waals surface area contributed by atoms with E-state index >= 15 is 0 Å². The Morgan fingerprint density at radius 3 is 1.19 bits per heavy atom. The third-order valence-corrected chi connectivity index (χ3v) is 18.3. The van der Waals surface area contributed by atoms with Gasteiger partial charge in [-0.1, -0.05) is 6.92 Å². The maximum atomic E-state index is 14.8. The molecule has 0 unspecified atom stereocenters. The zero-order valence-electron chi connectivity index (χ0n) is 62.7. The van der Waals surface area contributed by atoms with E-state index in [9.17, 15) is 164 Å². The number of aliphatic hydroxyl groups is 15. The Hall–Kier alpha value is -10.4. The fraction of sp³-hybridized carbons (Fsp3) is 0.623. The third kappa shape index (κ3) is 34.2. The summed E-state index contributed by atoms with van der Waals surface area (Å²) in [5, 5.41) is 207. The number of carbonyl (C=O) groups is 14. The van der Waals surface area contributed by atoms with Crippen LogP contribution in [-0.2, 0) is 68.9 Å². The van der Waals surface area contributed by atoms with Crippen molar-refractivity contribution >= 4 is 105 Å². The summed E-state index contributed by atoms with van der Waals surface area (Å²) in [6.07, 6.45) is -36.6. The number of aromatic nitrogens is 4. The average molecular weight is 1660 g/mol. The first-order valence-corrected chi connectivity index (χ1v) is 36.4. The molecule has 47 heteroatoms. The molecule has 116 heavy (non-hydrogen) atoms. The maximum Gasteiger partial charge on any atom is 0.326 e. The predicted octanol–water partition coefficient (Wildman–Crippen LogP) is -10.7. The van der Waals surface area contributed by atoms with Gasteiger partial charge in [0, 0.05) is 106 Å². The first kappa shape index (κ1) is 99.8. The lowest BCUT2D eigenvalue weighted by molar-refractivity contribution is -0.143. The van der Waals surface area contributed by atoms with E-state index in [4.69, 9.17) is 10.8 Å². The number of hydrogen-bond donors (Lipinski definition) is 29. The summed E-state index contributed by atoms with van der Waals surface area (Å²) in [7, 11) is 0. The topological polar surface area (TPSA) is 817 Å². The lowest BCUT2D eigenvalue weighted by Gasteiger charge is -2.26. The van der Waals surface area contributed by atoms with E-state index in [1.54, 1.807) is 0 Å². The number of aliphatic hydroxyl groups excluding tert-OH is 15. The van der Waals surface area contributed by atoms with Crippen LogP contribution in [0.25, 0.3) is 11.2 Å². The summed E-state index contributed by atoms with van der Waals surface area (Å²) in [6.45, 7) is -4.45. The van der Waals surface area contributed by atoms with Crippen molar-refractivity contribution in [3.63, 3.8) is 0 Å². The zero-order valence-corrected chi connectivity index (χ0v) is 62.7. The van der Waals surface area contributed by atoms with Gasteiger partial charge in [0.25, 0.3) is 11.5 Å². The Morgan fingerprint density at radius 1 is 0.448 bits per heavy atom. The van der Waals surface area contributed by atoms with E-state index in [0.29, 0.717) is 11.4 Å². The normalized spacial score (nSPS) is 16.4. The van der Waals surface area contributed by atoms with Crippen molar-refractivity contribution in [2.45, 2.75) is 214 Å². The minimum absolute atomic E-state index is 0.0101. The highest BCUT2D eigenvalue weighted by Crippen LogP contribution is 2.23. The van der Waals surface area contributed by atoms with Crippen molar-refractivity contribution in [1.82, 2.24) is 57.2 Å². The Labute approximate surface area is 658 Å². The number of aliphatic carboxylic acids is 4. The van der Waals surface area contributed by atoms with Crippen molar-refractivity contribution in [1.29, 1.82) is 0 Å². The van der Waals surface area contributed by atoms with Crippen LogP contribution in [0, 0.1) is 17.8 Å². The molecule has 0 bridgehead atoms. The molecule has 47 nitrogen and oxygen atoms in total. The highest BCUT2D eigenvalue weighted by molar-refractivity contribution is 5.99. The molecule has 3 rings (SSSR count). The van der Waals surface area contributed by atoms with Gasteiger partial charge in [-0.3, -0.25) is 67.3 Å². The Morgan fingerprint density at radius 2 is 0.819 bits per heavy atom. The summed E-state index contributed by atoms with van der Waals surface area (Å²) in [6, 6.07) is -2.01. The Balaban J connectivity index is 2.05. The van der Waals surface area contributed by atoms with Gasteiger partial charge in [-0.15, -0.1) is 0 Å². The van der Waals surface area contributed by atoms with Crippen LogP contribution < -0.4 is 53.8 Å². The maximum absolute atomic E-state index is 14.8. The van der Waals surface area contributed by atoms with Crippen LogP contribution in [0.3, 0.4) is 0 Å². The molecule has 0 fully saturated rings. The second-order valence-electron chi connectivity index (χ2n) is 27.2. The van der Waals surface area contributed by atoms with Crippen molar-refractivity contribution in [2.75, 3.05) is 50.5 Å². The number of carboxylic acid groups (broad SMARTS) is 4. The lowest BCUT2D eigenvalue weighted by atomic mass is 9.89. The van der Waals surface area contributed by atoms with Gasteiger partial charge >= 0.3 is 23.9 Å². The van der Waals surface area contributed by atoms with Gasteiger partial charge in [0.1, 0.15) is 72.8 Å². The van der Waals surface area contributed by atoms with Gasteiger partial charge in [0.05, 0.1) is 68.7 Å². The van der Waals surface area contributed by atoms with Crippen LogP contribution >= 0.6 is 0 Å². The number of benzene rings is 1. The minimum atomic E-state index is -2.21. The molecule has 2 heterocycles. The molecule has 3 aromatic rings. The second-order valence-corrected chi connectivity index (χ2v) is 27.2. The van der Waals surface area contributed by atoms with Gasteiger partial charge in [-0.2, -0.15) is 4.98 Å². The highest BCUT2D eigenvalue weighted by atomic mass is 16.4. The summed E-state index contributed by atoms with van der Waals surface area (Å²) >= 11 is 0. The van der Waals surface area contributed by atoms with E-state index in [2.05, 4.69) is 62.5 Å². The van der Waals surface area contributed by atoms with E-state index in [1.165, 1.54) is 37.4 Å². The fourth-order valence-electron chi connectivity index (χ4n) is 11.2. The number of nitrogen functional groups attached to an aromatic ring is 1. The van der Waals surface area contributed by atoms with Crippen LogP contribution in [0.1, 0.15) is 126 Å². The molecular formula is C69H103N13O34. The average Bonchev–Trinajstić information content (AvgIpc) is 0.815. The first-order valence-electron chi connectivity index (χ1n) is 36.4. The largest absolute Gasteiger partial charge is 0.481 e. The van der Waals surface area contributed by atoms with Crippen molar-refractivity contribution in [3.05, 3.63) is 52.1 Å². The Kier molecular flexibility index (Phi) is 43.2. The Bertz CT molecular complexity index is 3860. The van der Waals surface area contributed by atoms with Crippen LogP contribution in [0.4, 0.5) is 11.6 Å². The number of aromatic amines is 1. The molecule has 0 aliphatic rings. The summed E-state index contributed by atoms with van der Waals surface area (Å²) in [5.41, 5.74) is 5.43. The lowest BCUT2D eigenvalue weighted by Crippen LogP contribution is -2.50. The molecule has 19 atom stereocenters. The zero-order chi connectivity index (χ0) is 87.4. The first-order chi connectivity index (χ1) is 54.5. The second kappa shape index (κ2) is 50.2. The number of carboxylic acids is 4. The molecule has 7 amide bonds. The number of nitrogens with two attached hydrogens (primary N) is 1. The molecule has 1 aromatic carbocycles. The summed E-state index contributed by atoms with van der Waals surface area (Å²) < 4.78 is 0. The SMILES string of the molecule is CC[C@@H](NC(=O)[C@H](CCC(=O)NC[C@H](O)[C@@H](O)[C@H](O)[C@H](O)CO)CC(=O)[C@@H](CCC(=O)O)NC(=O)[C@H](CCC(=O)NC[C@H](O)[C@@H](O)[C@H](O)[C@H](O)CO)CC(=O)[C@@H](CCC(=O)O)NC(=O)[C@H](CCC(=O)NC[C@H](O)[C@@H](O)[C@H](O)[C@H](O)CO)CC(=O)CC[C@H](NC(=O)c1ccc(NCc2cnc3nc(N)[nH]c(=O)c3n2)cc1)C(=O)O)C(=O)O. The smallest absolute Gasteiger partial charge is 0.326 e. The molecule has 0 saturated heterocycles. The molecule has 0 radical (unpaired) electrons. The molecule has 0 aliphatic carbocycles. The van der Waals surface area contributed by atoms with Gasteiger partial charge in [-0.25, -0.2) is 19.6 Å². The highest BCUT2D eigenvalue weighted by Gasteiger charge is 2.38. The summed E-state index contributed by atoms with van der Waals surface area (Å²) in [5.74, 6) is -23.5. The van der Waals surface area contributed by atoms with E-state index in [-0.39, 0.29) is 35.6 Å². The minimum Gasteiger partial charge on any atom is -0.481 e. The molecule has 0 saturated carbocycles. The number of nitrogens with one attached hydrogen (secondary N) is 9. The standard InChI is InChI=1S/C69H103N13O34/c1-2-37(67(113)114)77-64(110)32(6-15-50(96)73-25-44(90)56(103)59(106)47(93)28-84)20-41(87)39(13-18-53(100)101)79-65(111)33(7-16-51(97)74-26-45(91)57(104)60(107)48(94)29-85)21-42(88)38(12-17-52(98)99)78-63(109)31(5-14-49(95)72-24-43(89)55(102)58(105)46(92)27-83)19-36(86)10-11-40(68(115)116)80-62(108)30-3-8-34(9-4-30)71-22-35-23-75-61-54(76-35)66(112)82-69(70)81-61/h3-4,8-9,23,31-33,37-40,43-48,55-60,71,83-85,89-94,102-107H,2,5-7,10-22,24-29H2,1H3,(H,72,95)(H,73,96)(H,74,97)(H,77,110)(H,78,109)(H,79,111)(H,80,108)(H,98,99)(H,100,101)(H,113,114)(H,115,116)(H3,70,75,81,82,112)/t31-,32-,33-,37-,38-,39-,40+,43+,44+,45+,46-,47-,48-,55-,56-,57-,58-,59-,60-/m1/s1. The molecule has 0 spiro atoms. The number of hydrogen-bond acceptors (Lipinski definition) is 35. The number of rotatable bonds is 58.